The molecule has 84 valence electrons. The molecule has 0 aromatic heterocycles. The number of ether oxygens (including phenoxy) is 1. The lowest BCUT2D eigenvalue weighted by atomic mass is 10.1. The van der Waals surface area contributed by atoms with Gasteiger partial charge in [0.25, 0.3) is 0 Å². The molecule has 1 N–H and O–H groups in total. The summed E-state index contributed by atoms with van der Waals surface area (Å²) in [4.78, 5) is 0. The molecule has 0 amide bonds. The smallest absolute Gasteiger partial charge is 0.165 e. The van der Waals surface area contributed by atoms with Gasteiger partial charge in [0.05, 0.1) is 12.7 Å². The van der Waals surface area contributed by atoms with Crippen LogP contribution in [0.1, 0.15) is 38.4 Å². The highest BCUT2D eigenvalue weighted by Crippen LogP contribution is 2.22. The summed E-state index contributed by atoms with van der Waals surface area (Å²) in [6, 6.07) is 4.55. The second-order valence-corrected chi connectivity index (χ2v) is 3.57. The Labute approximate surface area is 89.7 Å². The standard InChI is InChI=1S/C12H17FO2/c1-3-4-7-15-12-6-5-10(9(2)14)8-11(12)13/h5-6,8-9,14H,3-4,7H2,1-2H3/t9-/m1/s1. The van der Waals surface area contributed by atoms with E-state index in [1.165, 1.54) is 6.07 Å². The van der Waals surface area contributed by atoms with Gasteiger partial charge >= 0.3 is 0 Å². The van der Waals surface area contributed by atoms with Gasteiger partial charge in [0.15, 0.2) is 11.6 Å². The van der Waals surface area contributed by atoms with Crippen LogP contribution in [0.2, 0.25) is 0 Å². The van der Waals surface area contributed by atoms with E-state index >= 15 is 0 Å². The van der Waals surface area contributed by atoms with E-state index in [4.69, 9.17) is 4.74 Å². The minimum atomic E-state index is -0.649. The highest BCUT2D eigenvalue weighted by molar-refractivity contribution is 5.30. The van der Waals surface area contributed by atoms with Crippen LogP contribution >= 0.6 is 0 Å². The monoisotopic (exact) mass is 212 g/mol. The van der Waals surface area contributed by atoms with Crippen molar-refractivity contribution < 1.29 is 14.2 Å². The zero-order chi connectivity index (χ0) is 11.3. The first kappa shape index (κ1) is 12.0. The molecule has 0 heterocycles. The van der Waals surface area contributed by atoms with Crippen LogP contribution in [0.25, 0.3) is 0 Å². The van der Waals surface area contributed by atoms with E-state index in [2.05, 4.69) is 6.92 Å². The fraction of sp³-hybridized carbons (Fsp3) is 0.500. The molecule has 1 atom stereocenters. The fourth-order valence-corrected chi connectivity index (χ4v) is 1.22. The number of aliphatic hydroxyl groups is 1. The van der Waals surface area contributed by atoms with E-state index in [0.717, 1.165) is 12.8 Å². The van der Waals surface area contributed by atoms with E-state index in [-0.39, 0.29) is 5.75 Å². The predicted molar refractivity (Wildman–Crippen MR) is 57.4 cm³/mol. The van der Waals surface area contributed by atoms with E-state index in [1.807, 2.05) is 0 Å². The highest BCUT2D eigenvalue weighted by Gasteiger charge is 2.07. The molecular formula is C12H17FO2. The number of hydrogen-bond donors (Lipinski definition) is 1. The van der Waals surface area contributed by atoms with Crippen LogP contribution in [0.4, 0.5) is 4.39 Å². The summed E-state index contributed by atoms with van der Waals surface area (Å²) in [5.41, 5.74) is 0.565. The third kappa shape index (κ3) is 3.51. The molecule has 3 heteroatoms. The molecule has 15 heavy (non-hydrogen) atoms. The highest BCUT2D eigenvalue weighted by atomic mass is 19.1. The molecule has 0 saturated heterocycles. The molecule has 0 fully saturated rings. The molecule has 0 aliphatic heterocycles. The number of rotatable bonds is 5. The van der Waals surface area contributed by atoms with Gasteiger partial charge in [0, 0.05) is 0 Å². The third-order valence-electron chi connectivity index (χ3n) is 2.19. The molecule has 0 spiro atoms. The Morgan fingerprint density at radius 1 is 1.47 bits per heavy atom. The van der Waals surface area contributed by atoms with Crippen LogP contribution in [-0.4, -0.2) is 11.7 Å². The average Bonchev–Trinajstić information content (AvgIpc) is 2.20. The third-order valence-corrected chi connectivity index (χ3v) is 2.19. The number of hydrogen-bond acceptors (Lipinski definition) is 2. The maximum Gasteiger partial charge on any atom is 0.165 e. The zero-order valence-corrected chi connectivity index (χ0v) is 9.16. The number of halogens is 1. The summed E-state index contributed by atoms with van der Waals surface area (Å²) < 4.78 is 18.7. The molecule has 0 aliphatic carbocycles. The van der Waals surface area contributed by atoms with Gasteiger partial charge in [-0.2, -0.15) is 0 Å². The van der Waals surface area contributed by atoms with Gasteiger partial charge in [-0.3, -0.25) is 0 Å². The second-order valence-electron chi connectivity index (χ2n) is 3.57. The summed E-state index contributed by atoms with van der Waals surface area (Å²) >= 11 is 0. The van der Waals surface area contributed by atoms with Crippen molar-refractivity contribution in [3.63, 3.8) is 0 Å². The molecule has 0 unspecified atom stereocenters. The Morgan fingerprint density at radius 3 is 2.73 bits per heavy atom. The zero-order valence-electron chi connectivity index (χ0n) is 9.16. The Hall–Kier alpha value is -1.09. The van der Waals surface area contributed by atoms with Crippen molar-refractivity contribution in [3.8, 4) is 5.75 Å². The van der Waals surface area contributed by atoms with Crippen LogP contribution in [-0.2, 0) is 0 Å². The quantitative estimate of drug-likeness (QED) is 0.760. The lowest BCUT2D eigenvalue weighted by Crippen LogP contribution is -2.00. The fourth-order valence-electron chi connectivity index (χ4n) is 1.22. The van der Waals surface area contributed by atoms with Gasteiger partial charge < -0.3 is 9.84 Å². The summed E-state index contributed by atoms with van der Waals surface area (Å²) in [7, 11) is 0. The molecule has 0 aliphatic rings. The van der Waals surface area contributed by atoms with E-state index in [9.17, 15) is 9.50 Å². The molecule has 0 radical (unpaired) electrons. The second kappa shape index (κ2) is 5.71. The number of aliphatic hydroxyl groups excluding tert-OH is 1. The van der Waals surface area contributed by atoms with Gasteiger partial charge in [-0.15, -0.1) is 0 Å². The Balaban J connectivity index is 2.66. The first-order valence-electron chi connectivity index (χ1n) is 5.25. The van der Waals surface area contributed by atoms with Crippen molar-refractivity contribution in [2.45, 2.75) is 32.8 Å². The molecule has 1 aromatic rings. The SMILES string of the molecule is CCCCOc1ccc([C@@H](C)O)cc1F. The normalized spacial score (nSPS) is 12.5. The van der Waals surface area contributed by atoms with Crippen molar-refractivity contribution in [2.75, 3.05) is 6.61 Å². The van der Waals surface area contributed by atoms with Crippen LogP contribution in [0.5, 0.6) is 5.75 Å². The molecule has 1 aromatic carbocycles. The van der Waals surface area contributed by atoms with Crippen LogP contribution < -0.4 is 4.74 Å². The maximum atomic E-state index is 13.4. The van der Waals surface area contributed by atoms with Crippen molar-refractivity contribution >= 4 is 0 Å². The van der Waals surface area contributed by atoms with Crippen molar-refractivity contribution in [1.82, 2.24) is 0 Å². The van der Waals surface area contributed by atoms with Crippen molar-refractivity contribution in [3.05, 3.63) is 29.6 Å². The molecule has 0 bridgehead atoms. The summed E-state index contributed by atoms with van der Waals surface area (Å²) in [5, 5.41) is 9.25. The summed E-state index contributed by atoms with van der Waals surface area (Å²) in [6.45, 7) is 4.18. The van der Waals surface area contributed by atoms with Crippen molar-refractivity contribution in [2.24, 2.45) is 0 Å². The van der Waals surface area contributed by atoms with Gasteiger partial charge in [-0.25, -0.2) is 4.39 Å². The van der Waals surface area contributed by atoms with Gasteiger partial charge in [0.2, 0.25) is 0 Å². The lowest BCUT2D eigenvalue weighted by molar-refractivity contribution is 0.198. The lowest BCUT2D eigenvalue weighted by Gasteiger charge is -2.09. The predicted octanol–water partition coefficient (Wildman–Crippen LogP) is 3.06. The Kier molecular flexibility index (Phi) is 4.56. The minimum absolute atomic E-state index is 0.257. The summed E-state index contributed by atoms with van der Waals surface area (Å²) in [6.07, 6.45) is 1.29. The number of benzene rings is 1. The topological polar surface area (TPSA) is 29.5 Å². The maximum absolute atomic E-state index is 13.4. The molecule has 0 saturated carbocycles. The first-order valence-corrected chi connectivity index (χ1v) is 5.25. The van der Waals surface area contributed by atoms with Crippen LogP contribution in [0.3, 0.4) is 0 Å². The largest absolute Gasteiger partial charge is 0.491 e. The molecule has 2 nitrogen and oxygen atoms in total. The van der Waals surface area contributed by atoms with Gasteiger partial charge in [0.1, 0.15) is 0 Å². The Morgan fingerprint density at radius 2 is 2.20 bits per heavy atom. The number of unbranched alkanes of at least 4 members (excludes halogenated alkanes) is 1. The molecular weight excluding hydrogens is 195 g/mol. The first-order chi connectivity index (χ1) is 7.15. The van der Waals surface area contributed by atoms with Crippen LogP contribution in [0, 0.1) is 5.82 Å². The summed E-state index contributed by atoms with van der Waals surface area (Å²) in [5.74, 6) is -0.155. The van der Waals surface area contributed by atoms with Gasteiger partial charge in [-0.1, -0.05) is 19.4 Å². The molecule has 1 rings (SSSR count). The van der Waals surface area contributed by atoms with Crippen LogP contribution in [0.15, 0.2) is 18.2 Å². The van der Waals surface area contributed by atoms with Crippen molar-refractivity contribution in [1.29, 1.82) is 0 Å². The van der Waals surface area contributed by atoms with E-state index < -0.39 is 11.9 Å². The Bertz CT molecular complexity index is 310. The average molecular weight is 212 g/mol. The minimum Gasteiger partial charge on any atom is -0.491 e. The van der Waals surface area contributed by atoms with E-state index in [0.29, 0.717) is 12.2 Å². The van der Waals surface area contributed by atoms with Gasteiger partial charge in [-0.05, 0) is 31.0 Å². The van der Waals surface area contributed by atoms with E-state index in [1.54, 1.807) is 19.1 Å².